The summed E-state index contributed by atoms with van der Waals surface area (Å²) in [5.41, 5.74) is 6.06. The van der Waals surface area contributed by atoms with Crippen molar-refractivity contribution in [3.63, 3.8) is 0 Å². The maximum Gasteiger partial charge on any atom is 0.573 e. The summed E-state index contributed by atoms with van der Waals surface area (Å²) in [6.07, 6.45) is -2.06. The lowest BCUT2D eigenvalue weighted by atomic mass is 10.2. The third-order valence-corrected chi connectivity index (χ3v) is 4.50. The molecule has 2 rings (SSSR count). The van der Waals surface area contributed by atoms with Gasteiger partial charge in [-0.2, -0.15) is 11.8 Å². The van der Waals surface area contributed by atoms with Crippen molar-refractivity contribution in [3.05, 3.63) is 24.3 Å². The highest BCUT2D eigenvalue weighted by atomic mass is 32.2. The molecule has 1 aliphatic heterocycles. The van der Waals surface area contributed by atoms with Gasteiger partial charge in [-0.25, -0.2) is 0 Å². The normalized spacial score (nSPS) is 18.7. The van der Waals surface area contributed by atoms with Gasteiger partial charge in [0.25, 0.3) is 0 Å². The smallest absolute Gasteiger partial charge is 0.406 e. The maximum atomic E-state index is 12.5. The van der Waals surface area contributed by atoms with E-state index in [0.717, 1.165) is 17.9 Å². The van der Waals surface area contributed by atoms with E-state index in [0.29, 0.717) is 12.8 Å². The number of nitrogens with two attached hydrogens (primary N) is 1. The monoisotopic (exact) mass is 391 g/mol. The van der Waals surface area contributed by atoms with Gasteiger partial charge in [-0.15, -0.1) is 13.2 Å². The lowest BCUT2D eigenvalue weighted by molar-refractivity contribution is -0.274. The number of alkyl halides is 3. The minimum Gasteiger partial charge on any atom is -0.406 e. The van der Waals surface area contributed by atoms with E-state index in [1.807, 2.05) is 6.26 Å². The summed E-state index contributed by atoms with van der Waals surface area (Å²) in [4.78, 5) is 25.8. The van der Waals surface area contributed by atoms with E-state index in [4.69, 9.17) is 5.73 Å². The van der Waals surface area contributed by atoms with E-state index < -0.39 is 30.1 Å². The van der Waals surface area contributed by atoms with Crippen molar-refractivity contribution in [1.82, 2.24) is 5.32 Å². The van der Waals surface area contributed by atoms with Crippen LogP contribution in [0.1, 0.15) is 12.8 Å². The Morgan fingerprint density at radius 1 is 1.50 bits per heavy atom. The van der Waals surface area contributed by atoms with Crippen LogP contribution in [0.4, 0.5) is 18.9 Å². The average molecular weight is 391 g/mol. The Labute approximate surface area is 153 Å². The number of nitrogens with one attached hydrogen (secondary N) is 1. The summed E-state index contributed by atoms with van der Waals surface area (Å²) in [6.45, 7) is 0.277. The highest BCUT2D eigenvalue weighted by Crippen LogP contribution is 2.29. The molecule has 0 aromatic heterocycles. The molecule has 1 aliphatic rings. The fourth-order valence-electron chi connectivity index (χ4n) is 2.57. The van der Waals surface area contributed by atoms with Crippen molar-refractivity contribution in [1.29, 1.82) is 0 Å². The van der Waals surface area contributed by atoms with Crippen LogP contribution in [-0.4, -0.2) is 48.8 Å². The molecule has 0 saturated carbocycles. The van der Waals surface area contributed by atoms with Crippen LogP contribution >= 0.6 is 11.8 Å². The summed E-state index contributed by atoms with van der Waals surface area (Å²) < 4.78 is 40.9. The molecule has 10 heteroatoms. The number of ether oxygens (including phenoxy) is 1. The number of nitrogens with zero attached hydrogens (tertiary/aromatic N) is 1. The quantitative estimate of drug-likeness (QED) is 0.742. The molecule has 1 saturated heterocycles. The van der Waals surface area contributed by atoms with E-state index >= 15 is 0 Å². The Bertz CT molecular complexity index is 657. The van der Waals surface area contributed by atoms with Crippen LogP contribution in [0.15, 0.2) is 24.3 Å². The molecule has 0 radical (unpaired) electrons. The van der Waals surface area contributed by atoms with Gasteiger partial charge in [-0.1, -0.05) is 6.07 Å². The number of benzene rings is 1. The average Bonchev–Trinajstić information content (AvgIpc) is 2.92. The lowest BCUT2D eigenvalue weighted by Gasteiger charge is -2.19. The Balaban J connectivity index is 2.00. The Morgan fingerprint density at radius 2 is 2.23 bits per heavy atom. The summed E-state index contributed by atoms with van der Waals surface area (Å²) in [5.74, 6) is -0.479. The molecule has 1 unspecified atom stereocenters. The van der Waals surface area contributed by atoms with E-state index in [2.05, 4.69) is 10.1 Å². The Hall–Kier alpha value is -1.94. The van der Waals surface area contributed by atoms with E-state index in [9.17, 15) is 22.8 Å². The fourth-order valence-corrected chi connectivity index (χ4v) is 3.06. The zero-order chi connectivity index (χ0) is 19.3. The first kappa shape index (κ1) is 20.4. The number of carbonyl (C=O) groups is 2. The summed E-state index contributed by atoms with van der Waals surface area (Å²) in [7, 11) is 0. The number of carbonyl (C=O) groups excluding carboxylic acids is 2. The molecule has 144 valence electrons. The molecule has 0 spiro atoms. The molecular weight excluding hydrogens is 371 g/mol. The molecule has 0 bridgehead atoms. The summed E-state index contributed by atoms with van der Waals surface area (Å²) >= 11 is 1.57. The lowest BCUT2D eigenvalue weighted by Crippen LogP contribution is -2.48. The van der Waals surface area contributed by atoms with Gasteiger partial charge in [0.1, 0.15) is 11.8 Å². The van der Waals surface area contributed by atoms with Gasteiger partial charge in [0.05, 0.1) is 6.04 Å². The standard InChI is InChI=1S/C16H20F3N3O3S/c1-26-8-6-12(20)14(23)21-13-5-7-22(15(13)24)10-3-2-4-11(9-10)25-16(17,18)19/h2-4,9,12-13H,5-8,20H2,1H3,(H,21,23)/t12-,13?/m0/s1. The van der Waals surface area contributed by atoms with E-state index in [1.165, 1.54) is 17.0 Å². The topological polar surface area (TPSA) is 84.7 Å². The third kappa shape index (κ3) is 5.53. The summed E-state index contributed by atoms with van der Waals surface area (Å²) in [5, 5.41) is 2.61. The Morgan fingerprint density at radius 3 is 2.88 bits per heavy atom. The van der Waals surface area contributed by atoms with Crippen LogP contribution in [0.25, 0.3) is 0 Å². The van der Waals surface area contributed by atoms with Crippen molar-refractivity contribution < 1.29 is 27.5 Å². The van der Waals surface area contributed by atoms with E-state index in [-0.39, 0.29) is 18.1 Å². The van der Waals surface area contributed by atoms with Crippen molar-refractivity contribution in [3.8, 4) is 5.75 Å². The van der Waals surface area contributed by atoms with Gasteiger partial charge in [-0.3, -0.25) is 9.59 Å². The number of amides is 2. The molecule has 3 N–H and O–H groups in total. The second kappa shape index (κ2) is 8.63. The van der Waals surface area contributed by atoms with Crippen LogP contribution < -0.4 is 20.7 Å². The zero-order valence-corrected chi connectivity index (χ0v) is 14.9. The molecule has 6 nitrogen and oxygen atoms in total. The zero-order valence-electron chi connectivity index (χ0n) is 14.1. The molecule has 26 heavy (non-hydrogen) atoms. The highest BCUT2D eigenvalue weighted by Gasteiger charge is 2.35. The first-order valence-electron chi connectivity index (χ1n) is 7.93. The van der Waals surface area contributed by atoms with Gasteiger partial charge >= 0.3 is 6.36 Å². The number of hydrogen-bond acceptors (Lipinski definition) is 5. The van der Waals surface area contributed by atoms with Crippen LogP contribution in [0.2, 0.25) is 0 Å². The molecular formula is C16H20F3N3O3S. The number of rotatable bonds is 7. The van der Waals surface area contributed by atoms with Gasteiger partial charge in [0.2, 0.25) is 11.8 Å². The number of hydrogen-bond donors (Lipinski definition) is 2. The Kier molecular flexibility index (Phi) is 6.76. The molecule has 2 amide bonds. The second-order valence-electron chi connectivity index (χ2n) is 5.77. The predicted molar refractivity (Wildman–Crippen MR) is 93.0 cm³/mol. The van der Waals surface area contributed by atoms with Crippen LogP contribution in [0.3, 0.4) is 0 Å². The highest BCUT2D eigenvalue weighted by molar-refractivity contribution is 7.98. The van der Waals surface area contributed by atoms with Crippen LogP contribution in [0, 0.1) is 0 Å². The minimum atomic E-state index is -4.81. The fraction of sp³-hybridized carbons (Fsp3) is 0.500. The van der Waals surface area contributed by atoms with Crippen molar-refractivity contribution in [2.45, 2.75) is 31.3 Å². The van der Waals surface area contributed by atoms with Crippen molar-refractivity contribution >= 4 is 29.3 Å². The molecule has 0 aliphatic carbocycles. The largest absolute Gasteiger partial charge is 0.573 e. The maximum absolute atomic E-state index is 12.5. The predicted octanol–water partition coefficient (Wildman–Crippen LogP) is 1.89. The SMILES string of the molecule is CSCC[C@H](N)C(=O)NC1CCN(c2cccc(OC(F)(F)F)c2)C1=O. The van der Waals surface area contributed by atoms with E-state index in [1.54, 1.807) is 11.8 Å². The number of anilines is 1. The first-order valence-corrected chi connectivity index (χ1v) is 9.32. The van der Waals surface area contributed by atoms with Gasteiger partial charge in [0.15, 0.2) is 0 Å². The number of thioether (sulfide) groups is 1. The van der Waals surface area contributed by atoms with Crippen LogP contribution in [-0.2, 0) is 9.59 Å². The molecule has 2 atom stereocenters. The first-order chi connectivity index (χ1) is 12.2. The molecule has 1 aromatic carbocycles. The minimum absolute atomic E-state index is 0.277. The molecule has 1 fully saturated rings. The molecule has 1 heterocycles. The van der Waals surface area contributed by atoms with Crippen molar-refractivity contribution in [2.24, 2.45) is 5.73 Å². The third-order valence-electron chi connectivity index (χ3n) is 3.85. The van der Waals surface area contributed by atoms with Crippen LogP contribution in [0.5, 0.6) is 5.75 Å². The second-order valence-corrected chi connectivity index (χ2v) is 6.76. The van der Waals surface area contributed by atoms with Crippen molar-refractivity contribution in [2.75, 3.05) is 23.5 Å². The van der Waals surface area contributed by atoms with Gasteiger partial charge in [-0.05, 0) is 37.0 Å². The summed E-state index contributed by atoms with van der Waals surface area (Å²) in [6, 6.07) is 3.73. The number of halogens is 3. The molecule has 1 aromatic rings. The van der Waals surface area contributed by atoms with Gasteiger partial charge < -0.3 is 20.7 Å². The van der Waals surface area contributed by atoms with Gasteiger partial charge in [0, 0.05) is 18.3 Å².